The van der Waals surface area contributed by atoms with E-state index in [4.69, 9.17) is 5.73 Å². The Morgan fingerprint density at radius 2 is 1.88 bits per heavy atom. The molecule has 0 aromatic heterocycles. The standard InChI is InChI=1S/C14H16N2O/c15-14(17)9-8-12-6-2-3-7-13(12)16-10-4-1-5-11-16/h2-3,6-7H,1,4-5,10-11H2,(H2,15,17). The number of rotatable bonds is 1. The Morgan fingerprint density at radius 1 is 1.18 bits per heavy atom. The predicted molar refractivity (Wildman–Crippen MR) is 68.6 cm³/mol. The molecule has 1 saturated heterocycles. The van der Waals surface area contributed by atoms with Gasteiger partial charge in [0.05, 0.1) is 5.69 Å². The van der Waals surface area contributed by atoms with Gasteiger partial charge in [0.1, 0.15) is 0 Å². The van der Waals surface area contributed by atoms with Crippen molar-refractivity contribution >= 4 is 11.6 Å². The zero-order valence-corrected chi connectivity index (χ0v) is 9.78. The number of carbonyl (C=O) groups is 1. The van der Waals surface area contributed by atoms with E-state index in [1.165, 1.54) is 19.3 Å². The first-order valence-electron chi connectivity index (χ1n) is 5.93. The smallest absolute Gasteiger partial charge is 0.293 e. The second-order valence-corrected chi connectivity index (χ2v) is 4.18. The number of amides is 1. The highest BCUT2D eigenvalue weighted by atomic mass is 16.1. The average molecular weight is 228 g/mol. The van der Waals surface area contributed by atoms with E-state index in [0.29, 0.717) is 0 Å². The van der Waals surface area contributed by atoms with Crippen molar-refractivity contribution in [1.29, 1.82) is 0 Å². The number of hydrogen-bond acceptors (Lipinski definition) is 2. The van der Waals surface area contributed by atoms with Crippen LogP contribution in [0.3, 0.4) is 0 Å². The Labute approximate surface area is 102 Å². The van der Waals surface area contributed by atoms with Gasteiger partial charge in [-0.2, -0.15) is 0 Å². The lowest BCUT2D eigenvalue weighted by Gasteiger charge is -2.29. The second kappa shape index (κ2) is 5.40. The maximum Gasteiger partial charge on any atom is 0.293 e. The molecule has 1 heterocycles. The molecule has 17 heavy (non-hydrogen) atoms. The fourth-order valence-corrected chi connectivity index (χ4v) is 2.12. The van der Waals surface area contributed by atoms with Gasteiger partial charge in [-0.1, -0.05) is 18.1 Å². The highest BCUT2D eigenvalue weighted by molar-refractivity contribution is 5.92. The van der Waals surface area contributed by atoms with Crippen LogP contribution in [0.4, 0.5) is 5.69 Å². The van der Waals surface area contributed by atoms with Crippen LogP contribution in [-0.2, 0) is 4.79 Å². The Hall–Kier alpha value is -1.95. The van der Waals surface area contributed by atoms with Crippen molar-refractivity contribution in [2.24, 2.45) is 5.73 Å². The monoisotopic (exact) mass is 228 g/mol. The number of benzene rings is 1. The van der Waals surface area contributed by atoms with Crippen LogP contribution in [0.1, 0.15) is 24.8 Å². The first kappa shape index (κ1) is 11.5. The van der Waals surface area contributed by atoms with E-state index in [1.54, 1.807) is 0 Å². The summed E-state index contributed by atoms with van der Waals surface area (Å²) < 4.78 is 0. The van der Waals surface area contributed by atoms with Gasteiger partial charge >= 0.3 is 0 Å². The molecule has 0 unspecified atom stereocenters. The molecular formula is C14H16N2O. The van der Waals surface area contributed by atoms with E-state index in [2.05, 4.69) is 22.8 Å². The summed E-state index contributed by atoms with van der Waals surface area (Å²) >= 11 is 0. The zero-order valence-electron chi connectivity index (χ0n) is 9.78. The number of piperidine rings is 1. The molecule has 3 nitrogen and oxygen atoms in total. The highest BCUT2D eigenvalue weighted by Crippen LogP contribution is 2.23. The van der Waals surface area contributed by atoms with Gasteiger partial charge in [0, 0.05) is 24.6 Å². The van der Waals surface area contributed by atoms with Crippen molar-refractivity contribution < 1.29 is 4.79 Å². The molecule has 1 amide bonds. The summed E-state index contributed by atoms with van der Waals surface area (Å²) in [6.45, 7) is 2.13. The Morgan fingerprint density at radius 3 is 2.59 bits per heavy atom. The molecule has 1 aromatic rings. The normalized spacial score (nSPS) is 14.9. The van der Waals surface area contributed by atoms with Crippen molar-refractivity contribution in [3.63, 3.8) is 0 Å². The third-order valence-electron chi connectivity index (χ3n) is 2.92. The maximum absolute atomic E-state index is 10.7. The fraction of sp³-hybridized carbons (Fsp3) is 0.357. The quantitative estimate of drug-likeness (QED) is 0.741. The van der Waals surface area contributed by atoms with Crippen LogP contribution in [0, 0.1) is 11.8 Å². The molecule has 0 radical (unpaired) electrons. The van der Waals surface area contributed by atoms with Gasteiger partial charge in [-0.3, -0.25) is 4.79 Å². The SMILES string of the molecule is NC(=O)C#Cc1ccccc1N1CCCCC1. The molecule has 88 valence electrons. The van der Waals surface area contributed by atoms with E-state index in [1.807, 2.05) is 18.2 Å². The van der Waals surface area contributed by atoms with Crippen molar-refractivity contribution in [3.05, 3.63) is 29.8 Å². The minimum absolute atomic E-state index is 0.585. The predicted octanol–water partition coefficient (Wildman–Crippen LogP) is 1.51. The van der Waals surface area contributed by atoms with Crippen molar-refractivity contribution in [2.45, 2.75) is 19.3 Å². The van der Waals surface area contributed by atoms with Crippen LogP contribution >= 0.6 is 0 Å². The number of hydrogen-bond donors (Lipinski definition) is 1. The minimum Gasteiger partial charge on any atom is -0.371 e. The molecule has 0 spiro atoms. The Kier molecular flexibility index (Phi) is 3.66. The summed E-state index contributed by atoms with van der Waals surface area (Å²) in [5.41, 5.74) is 7.04. The Bertz CT molecular complexity index is 465. The summed E-state index contributed by atoms with van der Waals surface area (Å²) in [4.78, 5) is 13.0. The molecule has 1 aliphatic heterocycles. The van der Waals surface area contributed by atoms with Gasteiger partial charge in [0.15, 0.2) is 0 Å². The topological polar surface area (TPSA) is 46.3 Å². The molecule has 2 N–H and O–H groups in total. The number of carbonyl (C=O) groups excluding carboxylic acids is 1. The maximum atomic E-state index is 10.7. The summed E-state index contributed by atoms with van der Waals surface area (Å²) in [6.07, 6.45) is 3.74. The molecule has 0 saturated carbocycles. The molecule has 2 rings (SSSR count). The first-order chi connectivity index (χ1) is 8.27. The minimum atomic E-state index is -0.585. The van der Waals surface area contributed by atoms with Crippen molar-refractivity contribution in [2.75, 3.05) is 18.0 Å². The third kappa shape index (κ3) is 3.01. The lowest BCUT2D eigenvalue weighted by molar-refractivity contribution is -0.112. The number of anilines is 1. The van der Waals surface area contributed by atoms with Crippen LogP contribution in [0.15, 0.2) is 24.3 Å². The third-order valence-corrected chi connectivity index (χ3v) is 2.92. The van der Waals surface area contributed by atoms with Crippen LogP contribution in [-0.4, -0.2) is 19.0 Å². The van der Waals surface area contributed by atoms with Crippen LogP contribution < -0.4 is 10.6 Å². The van der Waals surface area contributed by atoms with Gasteiger partial charge in [0.2, 0.25) is 0 Å². The zero-order chi connectivity index (χ0) is 12.1. The van der Waals surface area contributed by atoms with E-state index >= 15 is 0 Å². The molecular weight excluding hydrogens is 212 g/mol. The van der Waals surface area contributed by atoms with E-state index in [9.17, 15) is 4.79 Å². The van der Waals surface area contributed by atoms with Crippen molar-refractivity contribution in [1.82, 2.24) is 0 Å². The van der Waals surface area contributed by atoms with Gasteiger partial charge in [-0.05, 0) is 31.4 Å². The second-order valence-electron chi connectivity index (χ2n) is 4.18. The molecule has 0 bridgehead atoms. The molecule has 1 aromatic carbocycles. The summed E-state index contributed by atoms with van der Waals surface area (Å²) in [5, 5.41) is 0. The number of primary amides is 1. The lowest BCUT2D eigenvalue weighted by Crippen LogP contribution is -2.29. The average Bonchev–Trinajstić information content (AvgIpc) is 2.38. The van der Waals surface area contributed by atoms with Gasteiger partial charge in [-0.15, -0.1) is 0 Å². The molecule has 1 aliphatic rings. The fourth-order valence-electron chi connectivity index (χ4n) is 2.12. The van der Waals surface area contributed by atoms with E-state index in [-0.39, 0.29) is 0 Å². The summed E-state index contributed by atoms with van der Waals surface area (Å²) in [5.74, 6) is 4.66. The van der Waals surface area contributed by atoms with Crippen LogP contribution in [0.5, 0.6) is 0 Å². The van der Waals surface area contributed by atoms with Crippen molar-refractivity contribution in [3.8, 4) is 11.8 Å². The van der Waals surface area contributed by atoms with E-state index < -0.39 is 5.91 Å². The number of nitrogens with two attached hydrogens (primary N) is 1. The number of nitrogens with zero attached hydrogens (tertiary/aromatic N) is 1. The van der Waals surface area contributed by atoms with Crippen LogP contribution in [0.2, 0.25) is 0 Å². The lowest BCUT2D eigenvalue weighted by atomic mass is 10.1. The summed E-state index contributed by atoms with van der Waals surface area (Å²) in [6, 6.07) is 7.91. The summed E-state index contributed by atoms with van der Waals surface area (Å²) in [7, 11) is 0. The van der Waals surface area contributed by atoms with Gasteiger partial charge in [0.25, 0.3) is 5.91 Å². The molecule has 3 heteroatoms. The van der Waals surface area contributed by atoms with Crippen LogP contribution in [0.25, 0.3) is 0 Å². The molecule has 0 aliphatic carbocycles. The molecule has 1 fully saturated rings. The van der Waals surface area contributed by atoms with Gasteiger partial charge in [-0.25, -0.2) is 0 Å². The highest BCUT2D eigenvalue weighted by Gasteiger charge is 2.12. The molecule has 0 atom stereocenters. The largest absolute Gasteiger partial charge is 0.371 e. The van der Waals surface area contributed by atoms with Gasteiger partial charge < -0.3 is 10.6 Å². The first-order valence-corrected chi connectivity index (χ1v) is 5.93. The van der Waals surface area contributed by atoms with E-state index in [0.717, 1.165) is 24.3 Å². The number of para-hydroxylation sites is 1. The Balaban J connectivity index is 2.27.